The topological polar surface area (TPSA) is 32.3 Å². The van der Waals surface area contributed by atoms with Crippen molar-refractivity contribution in [2.45, 2.75) is 77.7 Å². The minimum absolute atomic E-state index is 0. The monoisotopic (exact) mass is 358 g/mol. The molecule has 1 amide bonds. The molecule has 0 aromatic heterocycles. The molecule has 1 aliphatic carbocycles. The highest BCUT2D eigenvalue weighted by molar-refractivity contribution is 5.76. The third-order valence-electron chi connectivity index (χ3n) is 6.47. The summed E-state index contributed by atoms with van der Waals surface area (Å²) in [5.41, 5.74) is 3.60. The molecule has 1 aromatic rings. The van der Waals surface area contributed by atoms with Crippen molar-refractivity contribution >= 4 is 5.91 Å². The summed E-state index contributed by atoms with van der Waals surface area (Å²) in [6, 6.07) is 9.06. The average Bonchev–Trinajstić information content (AvgIpc) is 2.63. The lowest BCUT2D eigenvalue weighted by atomic mass is 9.63. The van der Waals surface area contributed by atoms with Gasteiger partial charge in [0.1, 0.15) is 0 Å². The number of benzene rings is 1. The molecule has 3 heteroatoms. The molecule has 0 unspecified atom stereocenters. The zero-order valence-electron chi connectivity index (χ0n) is 17.1. The van der Waals surface area contributed by atoms with Crippen LogP contribution in [0.3, 0.4) is 0 Å². The molecular formula is C23H38N2O. The first-order chi connectivity index (χ1) is 12.3. The van der Waals surface area contributed by atoms with E-state index >= 15 is 0 Å². The Hall–Kier alpha value is -1.35. The van der Waals surface area contributed by atoms with Crippen LogP contribution in [-0.2, 0) is 10.2 Å². The van der Waals surface area contributed by atoms with Gasteiger partial charge in [0.15, 0.2) is 0 Å². The maximum absolute atomic E-state index is 11.9. The summed E-state index contributed by atoms with van der Waals surface area (Å²) in [7, 11) is 0. The maximum atomic E-state index is 11.9. The summed E-state index contributed by atoms with van der Waals surface area (Å²) in [5.74, 6) is 0.165. The molecule has 0 radical (unpaired) electrons. The van der Waals surface area contributed by atoms with E-state index in [-0.39, 0.29) is 13.4 Å². The van der Waals surface area contributed by atoms with Crippen molar-refractivity contribution in [2.75, 3.05) is 19.6 Å². The Bertz CT molecular complexity index is 630. The Labute approximate surface area is 161 Å². The van der Waals surface area contributed by atoms with Crippen LogP contribution in [0.2, 0.25) is 0 Å². The normalized spacial score (nSPS) is 22.8. The zero-order chi connectivity index (χ0) is 18.8. The summed E-state index contributed by atoms with van der Waals surface area (Å²) in [6.45, 7) is 12.6. The highest BCUT2D eigenvalue weighted by Gasteiger charge is 2.42. The second kappa shape index (κ2) is 7.72. The van der Waals surface area contributed by atoms with Gasteiger partial charge >= 0.3 is 0 Å². The molecule has 1 atom stereocenters. The molecule has 1 aromatic carbocycles. The molecule has 1 spiro atoms. The first-order valence-corrected chi connectivity index (χ1v) is 10.4. The average molecular weight is 359 g/mol. The van der Waals surface area contributed by atoms with Gasteiger partial charge in [0.2, 0.25) is 5.91 Å². The van der Waals surface area contributed by atoms with E-state index in [0.717, 1.165) is 6.42 Å². The number of hydrogen-bond donors (Lipinski definition) is 1. The van der Waals surface area contributed by atoms with E-state index < -0.39 is 0 Å². The zero-order valence-corrected chi connectivity index (χ0v) is 17.1. The summed E-state index contributed by atoms with van der Waals surface area (Å²) in [4.78, 5) is 14.6. The van der Waals surface area contributed by atoms with E-state index in [2.05, 4.69) is 55.3 Å². The number of nitrogens with one attached hydrogen (secondary N) is 1. The van der Waals surface area contributed by atoms with E-state index in [0.29, 0.717) is 17.3 Å². The molecule has 26 heavy (non-hydrogen) atoms. The van der Waals surface area contributed by atoms with Gasteiger partial charge in [-0.05, 0) is 73.7 Å². The summed E-state index contributed by atoms with van der Waals surface area (Å²) in [6.07, 6.45) is 6.61. The van der Waals surface area contributed by atoms with E-state index in [9.17, 15) is 4.79 Å². The molecule has 1 fully saturated rings. The number of piperidine rings is 1. The highest BCUT2D eigenvalue weighted by atomic mass is 16.1. The largest absolute Gasteiger partial charge is 0.349 e. The van der Waals surface area contributed by atoms with Crippen LogP contribution >= 0.6 is 0 Å². The summed E-state index contributed by atoms with van der Waals surface area (Å²) >= 11 is 0. The van der Waals surface area contributed by atoms with Gasteiger partial charge in [-0.15, -0.1) is 0 Å². The first kappa shape index (κ1) is 19.4. The van der Waals surface area contributed by atoms with Gasteiger partial charge in [-0.1, -0.05) is 52.0 Å². The minimum atomic E-state index is 0. The van der Waals surface area contributed by atoms with E-state index in [1.165, 1.54) is 56.4 Å². The minimum Gasteiger partial charge on any atom is -0.349 e. The fourth-order valence-corrected chi connectivity index (χ4v) is 4.66. The summed E-state index contributed by atoms with van der Waals surface area (Å²) in [5, 5.41) is 3.24. The van der Waals surface area contributed by atoms with Crippen molar-refractivity contribution in [1.29, 1.82) is 0 Å². The van der Waals surface area contributed by atoms with Gasteiger partial charge in [0.25, 0.3) is 0 Å². The van der Waals surface area contributed by atoms with Gasteiger partial charge < -0.3 is 10.2 Å². The van der Waals surface area contributed by atoms with Crippen molar-refractivity contribution < 1.29 is 6.22 Å². The second-order valence-electron chi connectivity index (χ2n) is 9.53. The van der Waals surface area contributed by atoms with Crippen molar-refractivity contribution in [3.8, 4) is 0 Å². The quantitative estimate of drug-likeness (QED) is 0.815. The number of carbonyl (C=O) groups excluding carboxylic acids is 1. The van der Waals surface area contributed by atoms with Gasteiger partial charge in [-0.3, -0.25) is 4.79 Å². The van der Waals surface area contributed by atoms with Crippen molar-refractivity contribution in [3.05, 3.63) is 35.4 Å². The van der Waals surface area contributed by atoms with E-state index in [1.807, 2.05) is 6.92 Å². The summed E-state index contributed by atoms with van der Waals surface area (Å²) < 4.78 is 0. The number of amides is 1. The Kier molecular flexibility index (Phi) is 5.76. The van der Waals surface area contributed by atoms with Crippen LogP contribution in [0, 0.1) is 5.41 Å². The van der Waals surface area contributed by atoms with Crippen LogP contribution in [0.25, 0.3) is 0 Å². The van der Waals surface area contributed by atoms with E-state index in [1.54, 1.807) is 0 Å². The predicted octanol–water partition coefficient (Wildman–Crippen LogP) is 5.06. The lowest BCUT2D eigenvalue weighted by molar-refractivity contribution is -0.121. The van der Waals surface area contributed by atoms with Crippen LogP contribution < -0.4 is 5.32 Å². The smallest absolute Gasteiger partial charge is 0.220 e. The van der Waals surface area contributed by atoms with Crippen LogP contribution in [0.1, 0.15) is 84.8 Å². The van der Waals surface area contributed by atoms with Crippen LogP contribution in [-0.4, -0.2) is 30.4 Å². The number of hydrogen-bond acceptors (Lipinski definition) is 2. The van der Waals surface area contributed by atoms with Gasteiger partial charge in [-0.2, -0.15) is 0 Å². The Morgan fingerprint density at radius 1 is 1.23 bits per heavy atom. The molecule has 0 saturated carbocycles. The molecule has 1 N–H and O–H groups in total. The molecule has 3 rings (SSSR count). The Morgan fingerprint density at radius 3 is 2.58 bits per heavy atom. The molecule has 1 aliphatic heterocycles. The Balaban J connectivity index is 0.00000261. The lowest BCUT2D eigenvalue weighted by Crippen LogP contribution is -2.46. The molecule has 146 valence electrons. The predicted molar refractivity (Wildman–Crippen MR) is 110 cm³/mol. The van der Waals surface area contributed by atoms with Crippen LogP contribution in [0.15, 0.2) is 24.3 Å². The van der Waals surface area contributed by atoms with Crippen LogP contribution in [0.4, 0.5) is 0 Å². The third kappa shape index (κ3) is 4.31. The highest BCUT2D eigenvalue weighted by Crippen LogP contribution is 2.48. The first-order valence-electron chi connectivity index (χ1n) is 10.4. The molecule has 3 nitrogen and oxygen atoms in total. The van der Waals surface area contributed by atoms with Gasteiger partial charge in [0, 0.05) is 7.85 Å². The number of likely N-dealkylation sites (tertiary alicyclic amines) is 1. The molecular weight excluding hydrogens is 320 g/mol. The van der Waals surface area contributed by atoms with Crippen molar-refractivity contribution in [3.63, 3.8) is 0 Å². The van der Waals surface area contributed by atoms with E-state index in [4.69, 9.17) is 0 Å². The standard InChI is InChI=1S/C23H36N2O.H2/c1-5-21(26)24-20-10-11-23(19-9-7-6-8-18(19)20)13-16-25(17-14-23)15-12-22(2,3)4;/h6-9,20H,5,10-17H2,1-4H3,(H,24,26);1H/t20-;/m1./s1. The van der Waals surface area contributed by atoms with Gasteiger partial charge in [-0.25, -0.2) is 0 Å². The molecule has 1 saturated heterocycles. The third-order valence-corrected chi connectivity index (χ3v) is 6.47. The fraction of sp³-hybridized carbons (Fsp3) is 0.696. The fourth-order valence-electron chi connectivity index (χ4n) is 4.66. The second-order valence-corrected chi connectivity index (χ2v) is 9.53. The van der Waals surface area contributed by atoms with Crippen LogP contribution in [0.5, 0.6) is 0 Å². The van der Waals surface area contributed by atoms with Gasteiger partial charge in [0.05, 0.1) is 6.04 Å². The number of nitrogens with zero attached hydrogens (tertiary/aromatic N) is 1. The molecule has 1 heterocycles. The molecule has 0 bridgehead atoms. The SMILES string of the molecule is CCC(=O)N[C@@H]1CCC2(CCN(CCC(C)(C)C)CC2)c2ccccc21.[HH]. The number of rotatable bonds is 4. The number of fused-ring (bicyclic) bond motifs is 2. The van der Waals surface area contributed by atoms with Crippen molar-refractivity contribution in [2.24, 2.45) is 5.41 Å². The molecule has 2 aliphatic rings. The Morgan fingerprint density at radius 2 is 1.92 bits per heavy atom. The maximum Gasteiger partial charge on any atom is 0.220 e. The lowest BCUT2D eigenvalue weighted by Gasteiger charge is -2.47. The number of carbonyl (C=O) groups is 1. The van der Waals surface area contributed by atoms with Crippen molar-refractivity contribution in [1.82, 2.24) is 10.2 Å².